The number of benzene rings is 1. The molecule has 1 amide bonds. The molecular weight excluding hydrogens is 400 g/mol. The van der Waals surface area contributed by atoms with E-state index < -0.39 is 6.04 Å². The van der Waals surface area contributed by atoms with E-state index in [0.717, 1.165) is 16.9 Å². The first-order valence-electron chi connectivity index (χ1n) is 9.85. The van der Waals surface area contributed by atoms with E-state index in [-0.39, 0.29) is 18.4 Å². The zero-order chi connectivity index (χ0) is 20.9. The SMILES string of the molecule is COC(=O)C1Cc2ccccc2CN1C(=O)CN(Cc1ccco1)Cc1cccs1. The minimum Gasteiger partial charge on any atom is -0.468 e. The van der Waals surface area contributed by atoms with Crippen LogP contribution in [0.4, 0.5) is 0 Å². The predicted molar refractivity (Wildman–Crippen MR) is 114 cm³/mol. The molecule has 3 heterocycles. The van der Waals surface area contributed by atoms with Crippen LogP contribution in [-0.4, -0.2) is 41.4 Å². The topological polar surface area (TPSA) is 63.0 Å². The van der Waals surface area contributed by atoms with Crippen molar-refractivity contribution in [2.45, 2.75) is 32.1 Å². The summed E-state index contributed by atoms with van der Waals surface area (Å²) in [6, 6.07) is 15.1. The van der Waals surface area contributed by atoms with Crippen molar-refractivity contribution in [3.8, 4) is 0 Å². The number of esters is 1. The summed E-state index contributed by atoms with van der Waals surface area (Å²) in [7, 11) is 1.37. The second-order valence-corrected chi connectivity index (χ2v) is 8.37. The third-order valence-electron chi connectivity index (χ3n) is 5.32. The van der Waals surface area contributed by atoms with Gasteiger partial charge in [0, 0.05) is 24.4 Å². The largest absolute Gasteiger partial charge is 0.468 e. The van der Waals surface area contributed by atoms with Crippen molar-refractivity contribution in [1.82, 2.24) is 9.80 Å². The Balaban J connectivity index is 1.54. The number of furan rings is 1. The zero-order valence-electron chi connectivity index (χ0n) is 16.8. The summed E-state index contributed by atoms with van der Waals surface area (Å²) in [5, 5.41) is 2.02. The summed E-state index contributed by atoms with van der Waals surface area (Å²) in [4.78, 5) is 30.7. The number of hydrogen-bond acceptors (Lipinski definition) is 6. The molecule has 0 spiro atoms. The van der Waals surface area contributed by atoms with Gasteiger partial charge in [-0.05, 0) is 34.7 Å². The first kappa shape index (κ1) is 20.4. The van der Waals surface area contributed by atoms with Gasteiger partial charge in [-0.2, -0.15) is 0 Å². The Labute approximate surface area is 179 Å². The molecule has 0 N–H and O–H groups in total. The second-order valence-electron chi connectivity index (χ2n) is 7.34. The highest BCUT2D eigenvalue weighted by atomic mass is 32.1. The van der Waals surface area contributed by atoms with Crippen LogP contribution in [0.15, 0.2) is 64.6 Å². The molecule has 0 bridgehead atoms. The maximum Gasteiger partial charge on any atom is 0.328 e. The summed E-state index contributed by atoms with van der Waals surface area (Å²) in [6.07, 6.45) is 2.10. The number of rotatable bonds is 7. The molecule has 1 unspecified atom stereocenters. The maximum absolute atomic E-state index is 13.4. The number of carbonyl (C=O) groups is 2. The van der Waals surface area contributed by atoms with Gasteiger partial charge < -0.3 is 14.1 Å². The second kappa shape index (κ2) is 9.28. The molecule has 156 valence electrons. The van der Waals surface area contributed by atoms with E-state index in [1.54, 1.807) is 22.5 Å². The molecule has 0 saturated heterocycles. The van der Waals surface area contributed by atoms with Crippen LogP contribution in [0.1, 0.15) is 21.8 Å². The Hall–Kier alpha value is -2.90. The van der Waals surface area contributed by atoms with Crippen molar-refractivity contribution in [3.05, 3.63) is 81.9 Å². The minimum atomic E-state index is -0.607. The summed E-state index contributed by atoms with van der Waals surface area (Å²) in [5.41, 5.74) is 2.16. The highest BCUT2D eigenvalue weighted by Gasteiger charge is 2.35. The lowest BCUT2D eigenvalue weighted by atomic mass is 9.94. The molecule has 1 aromatic carbocycles. The molecule has 1 atom stereocenters. The van der Waals surface area contributed by atoms with Crippen molar-refractivity contribution >= 4 is 23.2 Å². The van der Waals surface area contributed by atoms with Crippen LogP contribution < -0.4 is 0 Å². The van der Waals surface area contributed by atoms with Crippen LogP contribution in [-0.2, 0) is 40.4 Å². The van der Waals surface area contributed by atoms with Crippen molar-refractivity contribution < 1.29 is 18.7 Å². The summed E-state index contributed by atoms with van der Waals surface area (Å²) >= 11 is 1.66. The normalized spacial score (nSPS) is 15.8. The Morgan fingerprint density at radius 1 is 1.13 bits per heavy atom. The molecular formula is C23H24N2O4S. The van der Waals surface area contributed by atoms with Crippen molar-refractivity contribution in [1.29, 1.82) is 0 Å². The molecule has 4 rings (SSSR count). The fourth-order valence-electron chi connectivity index (χ4n) is 3.83. The van der Waals surface area contributed by atoms with Crippen LogP contribution in [0.2, 0.25) is 0 Å². The Morgan fingerprint density at radius 3 is 2.67 bits per heavy atom. The van der Waals surface area contributed by atoms with E-state index in [9.17, 15) is 9.59 Å². The minimum absolute atomic E-state index is 0.0944. The average molecular weight is 425 g/mol. The summed E-state index contributed by atoms with van der Waals surface area (Å²) < 4.78 is 10.5. The van der Waals surface area contributed by atoms with Crippen molar-refractivity contribution in [3.63, 3.8) is 0 Å². The van der Waals surface area contributed by atoms with Crippen LogP contribution >= 0.6 is 11.3 Å². The van der Waals surface area contributed by atoms with Gasteiger partial charge in [0.15, 0.2) is 0 Å². The number of thiophene rings is 1. The van der Waals surface area contributed by atoms with E-state index in [1.165, 1.54) is 12.0 Å². The fourth-order valence-corrected chi connectivity index (χ4v) is 4.57. The molecule has 6 nitrogen and oxygen atoms in total. The smallest absolute Gasteiger partial charge is 0.328 e. The number of methoxy groups -OCH3 is 1. The van der Waals surface area contributed by atoms with Gasteiger partial charge in [-0.15, -0.1) is 11.3 Å². The monoisotopic (exact) mass is 424 g/mol. The molecule has 1 aliphatic heterocycles. The number of fused-ring (bicyclic) bond motifs is 1. The van der Waals surface area contributed by atoms with Crippen LogP contribution in [0.25, 0.3) is 0 Å². The third kappa shape index (κ3) is 4.63. The molecule has 0 aliphatic carbocycles. The Morgan fingerprint density at radius 2 is 1.97 bits per heavy atom. The van der Waals surface area contributed by atoms with Gasteiger partial charge in [0.25, 0.3) is 0 Å². The van der Waals surface area contributed by atoms with E-state index in [0.29, 0.717) is 26.1 Å². The molecule has 1 aliphatic rings. The van der Waals surface area contributed by atoms with E-state index in [2.05, 4.69) is 6.07 Å². The molecule has 7 heteroatoms. The lowest BCUT2D eigenvalue weighted by Gasteiger charge is -2.36. The number of amides is 1. The van der Waals surface area contributed by atoms with Gasteiger partial charge in [0.1, 0.15) is 11.8 Å². The Bertz CT molecular complexity index is 948. The molecule has 30 heavy (non-hydrogen) atoms. The fraction of sp³-hybridized carbons (Fsp3) is 0.304. The first-order valence-corrected chi connectivity index (χ1v) is 10.7. The van der Waals surface area contributed by atoms with Gasteiger partial charge in [-0.1, -0.05) is 30.3 Å². The number of carbonyl (C=O) groups excluding carboxylic acids is 2. The maximum atomic E-state index is 13.4. The van der Waals surface area contributed by atoms with Crippen LogP contribution in [0.5, 0.6) is 0 Å². The third-order valence-corrected chi connectivity index (χ3v) is 6.18. The molecule has 0 saturated carbocycles. The quantitative estimate of drug-likeness (QED) is 0.544. The Kier molecular flexibility index (Phi) is 6.30. The van der Waals surface area contributed by atoms with E-state index in [1.807, 2.05) is 52.7 Å². The van der Waals surface area contributed by atoms with Crippen molar-refractivity contribution in [2.24, 2.45) is 0 Å². The summed E-state index contributed by atoms with van der Waals surface area (Å²) in [6.45, 7) is 1.75. The molecule has 3 aromatic rings. The van der Waals surface area contributed by atoms with Gasteiger partial charge in [0.2, 0.25) is 5.91 Å². The van der Waals surface area contributed by atoms with E-state index in [4.69, 9.17) is 9.15 Å². The van der Waals surface area contributed by atoms with Gasteiger partial charge in [-0.3, -0.25) is 9.69 Å². The van der Waals surface area contributed by atoms with Gasteiger partial charge in [0.05, 0.1) is 26.5 Å². The average Bonchev–Trinajstić information content (AvgIpc) is 3.46. The number of nitrogens with zero attached hydrogens (tertiary/aromatic N) is 2. The van der Waals surface area contributed by atoms with Crippen molar-refractivity contribution in [2.75, 3.05) is 13.7 Å². The molecule has 2 aromatic heterocycles. The highest BCUT2D eigenvalue weighted by molar-refractivity contribution is 7.09. The van der Waals surface area contributed by atoms with Gasteiger partial charge >= 0.3 is 5.97 Å². The lowest BCUT2D eigenvalue weighted by Crippen LogP contribution is -2.51. The first-order chi connectivity index (χ1) is 14.6. The molecule has 0 fully saturated rings. The van der Waals surface area contributed by atoms with Gasteiger partial charge in [-0.25, -0.2) is 4.79 Å². The van der Waals surface area contributed by atoms with Crippen LogP contribution in [0, 0.1) is 0 Å². The zero-order valence-corrected chi connectivity index (χ0v) is 17.6. The summed E-state index contributed by atoms with van der Waals surface area (Å²) in [5.74, 6) is 0.324. The van der Waals surface area contributed by atoms with Crippen LogP contribution in [0.3, 0.4) is 0 Å². The number of ether oxygens (including phenoxy) is 1. The molecule has 0 radical (unpaired) electrons. The lowest BCUT2D eigenvalue weighted by molar-refractivity contribution is -0.154. The number of hydrogen-bond donors (Lipinski definition) is 0. The van der Waals surface area contributed by atoms with E-state index >= 15 is 0 Å². The standard InChI is InChI=1S/C23H24N2O4S/c1-28-23(27)21-12-17-6-2-3-7-18(17)13-25(21)22(26)16-24(14-19-8-4-10-29-19)15-20-9-5-11-30-20/h2-11,21H,12-16H2,1H3. The highest BCUT2D eigenvalue weighted by Crippen LogP contribution is 2.25. The predicted octanol–water partition coefficient (Wildman–Crippen LogP) is 3.47.